The van der Waals surface area contributed by atoms with Crippen LogP contribution in [0.5, 0.6) is 6.01 Å². The number of hydrogen-bond acceptors (Lipinski definition) is 5. The van der Waals surface area contributed by atoms with E-state index in [2.05, 4.69) is 9.97 Å². The monoisotopic (exact) mass is 287 g/mol. The summed E-state index contributed by atoms with van der Waals surface area (Å²) in [5.41, 5.74) is 0. The Morgan fingerprint density at radius 3 is 2.58 bits per heavy atom. The Balaban J connectivity index is 1.61. The molecule has 1 saturated carbocycles. The van der Waals surface area contributed by atoms with Crippen molar-refractivity contribution in [2.45, 2.75) is 30.6 Å². The van der Waals surface area contributed by atoms with Gasteiger partial charge in [0.1, 0.15) is 6.10 Å². The van der Waals surface area contributed by atoms with Crippen LogP contribution in [0.25, 0.3) is 0 Å². The summed E-state index contributed by atoms with van der Waals surface area (Å²) in [6, 6.07) is 0.0806. The second kappa shape index (κ2) is 4.68. The van der Waals surface area contributed by atoms with Gasteiger partial charge in [0.2, 0.25) is 10.0 Å². The summed E-state index contributed by atoms with van der Waals surface area (Å²) in [5.74, 6) is -0.531. The van der Waals surface area contributed by atoms with Gasteiger partial charge in [0.05, 0.1) is 24.2 Å². The molecule has 2 fully saturated rings. The third-order valence-electron chi connectivity index (χ3n) is 3.28. The average Bonchev–Trinajstić information content (AvgIpc) is 3.14. The van der Waals surface area contributed by atoms with Crippen LogP contribution in [0.4, 0.5) is 4.39 Å². The van der Waals surface area contributed by atoms with Crippen molar-refractivity contribution in [3.8, 4) is 6.01 Å². The molecule has 1 unspecified atom stereocenters. The average molecular weight is 287 g/mol. The molecule has 3 rings (SSSR count). The highest BCUT2D eigenvalue weighted by atomic mass is 32.2. The lowest BCUT2D eigenvalue weighted by Crippen LogP contribution is -2.33. The Hall–Kier alpha value is -1.28. The van der Waals surface area contributed by atoms with Crippen LogP contribution in [0.2, 0.25) is 0 Å². The number of nitrogens with zero attached hydrogens (tertiary/aromatic N) is 3. The van der Waals surface area contributed by atoms with Crippen molar-refractivity contribution in [2.75, 3.05) is 13.1 Å². The van der Waals surface area contributed by atoms with E-state index in [1.807, 2.05) is 0 Å². The van der Waals surface area contributed by atoms with Gasteiger partial charge in [-0.2, -0.15) is 4.31 Å². The molecule has 1 aromatic heterocycles. The zero-order chi connectivity index (χ0) is 13.5. The Labute approximate surface area is 110 Å². The molecule has 1 saturated heterocycles. The van der Waals surface area contributed by atoms with Crippen LogP contribution in [-0.2, 0) is 10.0 Å². The zero-order valence-electron chi connectivity index (χ0n) is 10.2. The molecule has 1 atom stereocenters. The Bertz CT molecular complexity index is 559. The van der Waals surface area contributed by atoms with Crippen molar-refractivity contribution >= 4 is 10.0 Å². The lowest BCUT2D eigenvalue weighted by atomic mass is 10.3. The summed E-state index contributed by atoms with van der Waals surface area (Å²) in [5, 5.41) is -0.201. The number of hydrogen-bond donors (Lipinski definition) is 0. The van der Waals surface area contributed by atoms with Gasteiger partial charge in [0.25, 0.3) is 0 Å². The van der Waals surface area contributed by atoms with Gasteiger partial charge in [-0.3, -0.25) is 0 Å². The minimum atomic E-state index is -3.14. The third-order valence-corrected chi connectivity index (χ3v) is 5.65. The summed E-state index contributed by atoms with van der Waals surface area (Å²) >= 11 is 0. The standard InChI is InChI=1S/C11H14FN3O3S/c12-8-5-13-11(14-6-8)18-9-3-4-15(7-9)19(16,17)10-1-2-10/h5-6,9-10H,1-4,7H2. The molecule has 1 aromatic rings. The van der Waals surface area contributed by atoms with Crippen LogP contribution in [0, 0.1) is 5.82 Å². The molecular weight excluding hydrogens is 273 g/mol. The van der Waals surface area contributed by atoms with Crippen LogP contribution in [-0.4, -0.2) is 47.1 Å². The fourth-order valence-corrected chi connectivity index (χ4v) is 4.00. The molecule has 0 spiro atoms. The van der Waals surface area contributed by atoms with Gasteiger partial charge in [0, 0.05) is 6.54 Å². The molecule has 0 aromatic carbocycles. The molecule has 8 heteroatoms. The third kappa shape index (κ3) is 2.69. The minimum Gasteiger partial charge on any atom is -0.459 e. The van der Waals surface area contributed by atoms with Gasteiger partial charge >= 0.3 is 6.01 Å². The smallest absolute Gasteiger partial charge is 0.316 e. The van der Waals surface area contributed by atoms with Crippen molar-refractivity contribution in [1.29, 1.82) is 0 Å². The van der Waals surface area contributed by atoms with Crippen molar-refractivity contribution in [2.24, 2.45) is 0 Å². The van der Waals surface area contributed by atoms with E-state index >= 15 is 0 Å². The molecule has 1 aliphatic heterocycles. The summed E-state index contributed by atoms with van der Waals surface area (Å²) in [6.07, 6.45) is 3.90. The van der Waals surface area contributed by atoms with E-state index < -0.39 is 15.8 Å². The Morgan fingerprint density at radius 1 is 1.26 bits per heavy atom. The quantitative estimate of drug-likeness (QED) is 0.809. The predicted octanol–water partition coefficient (Wildman–Crippen LogP) is 0.561. The summed E-state index contributed by atoms with van der Waals surface area (Å²) in [4.78, 5) is 7.40. The number of sulfonamides is 1. The van der Waals surface area contributed by atoms with Crippen LogP contribution < -0.4 is 4.74 Å². The summed E-state index contributed by atoms with van der Waals surface area (Å²) < 4.78 is 43.6. The Morgan fingerprint density at radius 2 is 1.95 bits per heavy atom. The van der Waals surface area contributed by atoms with E-state index in [9.17, 15) is 12.8 Å². The number of ether oxygens (including phenoxy) is 1. The second-order valence-electron chi connectivity index (χ2n) is 4.81. The number of aromatic nitrogens is 2. The first-order valence-electron chi connectivity index (χ1n) is 6.19. The second-order valence-corrected chi connectivity index (χ2v) is 7.03. The van der Waals surface area contributed by atoms with Crippen LogP contribution in [0.15, 0.2) is 12.4 Å². The first-order valence-corrected chi connectivity index (χ1v) is 7.69. The van der Waals surface area contributed by atoms with Gasteiger partial charge in [-0.25, -0.2) is 22.8 Å². The van der Waals surface area contributed by atoms with Gasteiger partial charge in [0.15, 0.2) is 5.82 Å². The van der Waals surface area contributed by atoms with E-state index in [1.54, 1.807) is 0 Å². The lowest BCUT2D eigenvalue weighted by molar-refractivity contribution is 0.197. The normalized spacial score (nSPS) is 24.6. The zero-order valence-corrected chi connectivity index (χ0v) is 11.0. The number of halogens is 1. The van der Waals surface area contributed by atoms with Gasteiger partial charge in [-0.05, 0) is 19.3 Å². The van der Waals surface area contributed by atoms with E-state index in [0.717, 1.165) is 25.2 Å². The maximum atomic E-state index is 12.6. The van der Waals surface area contributed by atoms with Crippen LogP contribution in [0.1, 0.15) is 19.3 Å². The Kier molecular flexibility index (Phi) is 3.14. The van der Waals surface area contributed by atoms with Crippen molar-refractivity contribution in [3.63, 3.8) is 0 Å². The fraction of sp³-hybridized carbons (Fsp3) is 0.636. The molecule has 19 heavy (non-hydrogen) atoms. The van der Waals surface area contributed by atoms with Gasteiger partial charge in [-0.1, -0.05) is 0 Å². The SMILES string of the molecule is O=S(=O)(C1CC1)N1CCC(Oc2ncc(F)cn2)C1. The summed E-state index contributed by atoms with van der Waals surface area (Å²) in [7, 11) is -3.14. The van der Waals surface area contributed by atoms with Gasteiger partial charge < -0.3 is 4.74 Å². The lowest BCUT2D eigenvalue weighted by Gasteiger charge is -2.16. The predicted molar refractivity (Wildman–Crippen MR) is 64.5 cm³/mol. The van der Waals surface area contributed by atoms with Gasteiger partial charge in [-0.15, -0.1) is 0 Å². The fourth-order valence-electron chi connectivity index (χ4n) is 2.11. The van der Waals surface area contributed by atoms with E-state index in [0.29, 0.717) is 19.5 Å². The maximum Gasteiger partial charge on any atom is 0.316 e. The molecule has 2 heterocycles. The molecule has 0 radical (unpaired) electrons. The van der Waals surface area contributed by atoms with E-state index in [-0.39, 0.29) is 17.4 Å². The summed E-state index contributed by atoms with van der Waals surface area (Å²) in [6.45, 7) is 0.782. The van der Waals surface area contributed by atoms with Crippen molar-refractivity contribution < 1.29 is 17.5 Å². The first-order chi connectivity index (χ1) is 9.05. The van der Waals surface area contributed by atoms with Crippen LogP contribution >= 0.6 is 0 Å². The largest absolute Gasteiger partial charge is 0.459 e. The molecular formula is C11H14FN3O3S. The van der Waals surface area contributed by atoms with Crippen molar-refractivity contribution in [3.05, 3.63) is 18.2 Å². The molecule has 0 N–H and O–H groups in total. The highest BCUT2D eigenvalue weighted by Crippen LogP contribution is 2.33. The molecule has 0 amide bonds. The molecule has 1 aliphatic carbocycles. The van der Waals surface area contributed by atoms with E-state index in [4.69, 9.17) is 4.74 Å². The molecule has 104 valence electrons. The molecule has 0 bridgehead atoms. The van der Waals surface area contributed by atoms with E-state index in [1.165, 1.54) is 4.31 Å². The topological polar surface area (TPSA) is 72.4 Å². The number of rotatable bonds is 4. The van der Waals surface area contributed by atoms with Crippen molar-refractivity contribution in [1.82, 2.24) is 14.3 Å². The molecule has 2 aliphatic rings. The maximum absolute atomic E-state index is 12.6. The minimum absolute atomic E-state index is 0.0806. The highest BCUT2D eigenvalue weighted by Gasteiger charge is 2.43. The van der Waals surface area contributed by atoms with Crippen LogP contribution in [0.3, 0.4) is 0 Å². The first kappa shape index (κ1) is 12.7. The highest BCUT2D eigenvalue weighted by molar-refractivity contribution is 7.90. The molecule has 6 nitrogen and oxygen atoms in total.